The maximum absolute atomic E-state index is 5.97. The zero-order chi connectivity index (χ0) is 14.7. The Morgan fingerprint density at radius 2 is 2.00 bits per heavy atom. The molecule has 1 fully saturated rings. The van der Waals surface area contributed by atoms with Crippen LogP contribution in [0.25, 0.3) is 0 Å². The average molecular weight is 307 g/mol. The number of hydrogen-bond donors (Lipinski definition) is 1. The van der Waals surface area contributed by atoms with Crippen LogP contribution in [0.1, 0.15) is 32.6 Å². The molecule has 0 radical (unpaired) electrons. The van der Waals surface area contributed by atoms with E-state index in [4.69, 9.17) is 15.2 Å². The van der Waals surface area contributed by atoms with E-state index in [1.165, 1.54) is 24.2 Å². The molecule has 1 heterocycles. The van der Waals surface area contributed by atoms with Crippen molar-refractivity contribution in [3.8, 4) is 11.5 Å². The molecule has 3 nitrogen and oxygen atoms in total. The minimum atomic E-state index is 0.628. The smallest absolute Gasteiger partial charge is 0.162 e. The molecule has 2 aliphatic rings. The van der Waals surface area contributed by atoms with Crippen molar-refractivity contribution in [2.75, 3.05) is 19.8 Å². The molecule has 4 heteroatoms. The minimum absolute atomic E-state index is 0.628. The molecule has 3 atom stereocenters. The van der Waals surface area contributed by atoms with E-state index < -0.39 is 0 Å². The van der Waals surface area contributed by atoms with Crippen molar-refractivity contribution in [3.05, 3.63) is 18.2 Å². The van der Waals surface area contributed by atoms with Gasteiger partial charge in [0.25, 0.3) is 0 Å². The molecule has 2 N–H and O–H groups in total. The van der Waals surface area contributed by atoms with Gasteiger partial charge >= 0.3 is 0 Å². The highest BCUT2D eigenvalue weighted by Gasteiger charge is 2.28. The van der Waals surface area contributed by atoms with Crippen molar-refractivity contribution in [2.45, 2.75) is 42.8 Å². The third-order valence-electron chi connectivity index (χ3n) is 4.50. The van der Waals surface area contributed by atoms with Crippen LogP contribution in [-0.4, -0.2) is 25.0 Å². The van der Waals surface area contributed by atoms with Crippen LogP contribution in [0, 0.1) is 11.8 Å². The average Bonchev–Trinajstić information content (AvgIpc) is 2.72. The topological polar surface area (TPSA) is 44.5 Å². The second kappa shape index (κ2) is 6.93. The second-order valence-corrected chi connectivity index (χ2v) is 7.54. The molecule has 1 aromatic carbocycles. The first-order valence-corrected chi connectivity index (χ1v) is 8.90. The van der Waals surface area contributed by atoms with Crippen molar-refractivity contribution in [3.63, 3.8) is 0 Å². The summed E-state index contributed by atoms with van der Waals surface area (Å²) in [6.45, 7) is 4.64. The number of thioether (sulfide) groups is 1. The van der Waals surface area contributed by atoms with Gasteiger partial charge in [-0.05, 0) is 49.4 Å². The van der Waals surface area contributed by atoms with Crippen LogP contribution in [-0.2, 0) is 0 Å². The van der Waals surface area contributed by atoms with Gasteiger partial charge in [0.2, 0.25) is 0 Å². The Morgan fingerprint density at radius 3 is 2.81 bits per heavy atom. The molecule has 3 unspecified atom stereocenters. The van der Waals surface area contributed by atoms with Gasteiger partial charge in [0.15, 0.2) is 11.5 Å². The lowest BCUT2D eigenvalue weighted by Gasteiger charge is -2.33. The fourth-order valence-electron chi connectivity index (χ4n) is 3.20. The third kappa shape index (κ3) is 3.67. The Bertz CT molecular complexity index is 480. The quantitative estimate of drug-likeness (QED) is 0.924. The predicted octanol–water partition coefficient (Wildman–Crippen LogP) is 3.70. The third-order valence-corrected chi connectivity index (χ3v) is 5.91. The molecule has 0 spiro atoms. The van der Waals surface area contributed by atoms with Crippen LogP contribution in [0.5, 0.6) is 11.5 Å². The fraction of sp³-hybridized carbons (Fsp3) is 0.647. The molecular weight excluding hydrogens is 282 g/mol. The van der Waals surface area contributed by atoms with Gasteiger partial charge in [0, 0.05) is 16.6 Å². The van der Waals surface area contributed by atoms with Crippen molar-refractivity contribution in [2.24, 2.45) is 17.6 Å². The first kappa shape index (κ1) is 15.0. The highest BCUT2D eigenvalue weighted by Crippen LogP contribution is 2.42. The zero-order valence-electron chi connectivity index (χ0n) is 12.7. The van der Waals surface area contributed by atoms with E-state index in [1.807, 2.05) is 17.8 Å². The Kier molecular flexibility index (Phi) is 4.96. The Morgan fingerprint density at radius 1 is 1.19 bits per heavy atom. The maximum Gasteiger partial charge on any atom is 0.162 e. The van der Waals surface area contributed by atoms with Gasteiger partial charge in [-0.15, -0.1) is 11.8 Å². The Labute approximate surface area is 131 Å². The molecule has 3 rings (SSSR count). The number of rotatable bonds is 3. The number of nitrogens with two attached hydrogens (primary N) is 1. The van der Waals surface area contributed by atoms with E-state index in [1.54, 1.807) is 0 Å². The van der Waals surface area contributed by atoms with Gasteiger partial charge in [-0.3, -0.25) is 0 Å². The molecule has 0 bridgehead atoms. The predicted molar refractivity (Wildman–Crippen MR) is 87.3 cm³/mol. The molecule has 1 aliphatic heterocycles. The lowest BCUT2D eigenvalue weighted by atomic mass is 9.82. The molecule has 1 aliphatic carbocycles. The summed E-state index contributed by atoms with van der Waals surface area (Å²) in [4.78, 5) is 1.27. The largest absolute Gasteiger partial charge is 0.490 e. The van der Waals surface area contributed by atoms with Crippen LogP contribution in [0.3, 0.4) is 0 Å². The number of benzene rings is 1. The normalized spacial score (nSPS) is 29.0. The summed E-state index contributed by atoms with van der Waals surface area (Å²) in [6, 6.07) is 6.34. The maximum atomic E-state index is 5.97. The van der Waals surface area contributed by atoms with Gasteiger partial charge in [-0.1, -0.05) is 13.3 Å². The molecule has 0 amide bonds. The van der Waals surface area contributed by atoms with Crippen LogP contribution >= 0.6 is 11.8 Å². The van der Waals surface area contributed by atoms with Crippen molar-refractivity contribution >= 4 is 11.8 Å². The van der Waals surface area contributed by atoms with Crippen LogP contribution in [0.15, 0.2) is 23.1 Å². The van der Waals surface area contributed by atoms with Crippen LogP contribution < -0.4 is 15.2 Å². The summed E-state index contributed by atoms with van der Waals surface area (Å²) < 4.78 is 11.5. The lowest BCUT2D eigenvalue weighted by molar-refractivity contribution is 0.297. The van der Waals surface area contributed by atoms with Gasteiger partial charge in [0.1, 0.15) is 0 Å². The molecule has 0 saturated heterocycles. The fourth-order valence-corrected chi connectivity index (χ4v) is 4.73. The van der Waals surface area contributed by atoms with E-state index in [9.17, 15) is 0 Å². The summed E-state index contributed by atoms with van der Waals surface area (Å²) in [6.07, 6.45) is 4.80. The molecule has 116 valence electrons. The van der Waals surface area contributed by atoms with Gasteiger partial charge in [-0.2, -0.15) is 0 Å². The second-order valence-electron chi connectivity index (χ2n) is 6.23. The molecule has 0 aromatic heterocycles. The SMILES string of the molecule is CC1CCC(CN)C(Sc2ccc3c(c2)OCCCO3)C1. The summed E-state index contributed by atoms with van der Waals surface area (Å²) in [5, 5.41) is 0.628. The van der Waals surface area contributed by atoms with Gasteiger partial charge < -0.3 is 15.2 Å². The number of fused-ring (bicyclic) bond motifs is 1. The summed E-state index contributed by atoms with van der Waals surface area (Å²) in [7, 11) is 0. The van der Waals surface area contributed by atoms with E-state index in [-0.39, 0.29) is 0 Å². The standard InChI is InChI=1S/C17H25NO2S/c1-12-3-4-13(11-18)17(9-12)21-14-5-6-15-16(10-14)20-8-2-7-19-15/h5-6,10,12-13,17H,2-4,7-9,11,18H2,1H3. The van der Waals surface area contributed by atoms with E-state index in [0.717, 1.165) is 43.6 Å². The highest BCUT2D eigenvalue weighted by atomic mass is 32.2. The van der Waals surface area contributed by atoms with Crippen molar-refractivity contribution in [1.82, 2.24) is 0 Å². The highest BCUT2D eigenvalue weighted by molar-refractivity contribution is 8.00. The molecule has 1 aromatic rings. The van der Waals surface area contributed by atoms with E-state index >= 15 is 0 Å². The summed E-state index contributed by atoms with van der Waals surface area (Å²) in [5.41, 5.74) is 5.97. The van der Waals surface area contributed by atoms with Crippen LogP contribution in [0.4, 0.5) is 0 Å². The van der Waals surface area contributed by atoms with Crippen LogP contribution in [0.2, 0.25) is 0 Å². The Balaban J connectivity index is 1.73. The number of hydrogen-bond acceptors (Lipinski definition) is 4. The molecule has 21 heavy (non-hydrogen) atoms. The molecule has 1 saturated carbocycles. The van der Waals surface area contributed by atoms with Crippen molar-refractivity contribution < 1.29 is 9.47 Å². The Hall–Kier alpha value is -0.870. The first-order chi connectivity index (χ1) is 10.3. The van der Waals surface area contributed by atoms with Gasteiger partial charge in [-0.25, -0.2) is 0 Å². The van der Waals surface area contributed by atoms with Gasteiger partial charge in [0.05, 0.1) is 13.2 Å². The minimum Gasteiger partial charge on any atom is -0.490 e. The molecular formula is C17H25NO2S. The van der Waals surface area contributed by atoms with E-state index in [0.29, 0.717) is 11.2 Å². The lowest BCUT2D eigenvalue weighted by Crippen LogP contribution is -2.31. The summed E-state index contributed by atoms with van der Waals surface area (Å²) >= 11 is 1.97. The van der Waals surface area contributed by atoms with E-state index in [2.05, 4.69) is 19.1 Å². The first-order valence-electron chi connectivity index (χ1n) is 8.02. The summed E-state index contributed by atoms with van der Waals surface area (Å²) in [5.74, 6) is 3.22. The monoisotopic (exact) mass is 307 g/mol. The number of ether oxygens (including phenoxy) is 2. The zero-order valence-corrected chi connectivity index (χ0v) is 13.5. The van der Waals surface area contributed by atoms with Crippen molar-refractivity contribution in [1.29, 1.82) is 0 Å².